The maximum Gasteiger partial charge on any atom is 0.257 e. The van der Waals surface area contributed by atoms with Gasteiger partial charge < -0.3 is 10.0 Å². The zero-order valence-corrected chi connectivity index (χ0v) is 10.2. The van der Waals surface area contributed by atoms with Crippen LogP contribution in [0.3, 0.4) is 0 Å². The molecule has 1 aliphatic carbocycles. The molecule has 2 aliphatic rings. The van der Waals surface area contributed by atoms with Crippen molar-refractivity contribution < 1.29 is 9.90 Å². The Balaban J connectivity index is 1.87. The van der Waals surface area contributed by atoms with E-state index in [0.717, 1.165) is 19.4 Å². The van der Waals surface area contributed by atoms with E-state index in [2.05, 4.69) is 0 Å². The average Bonchev–Trinajstić information content (AvgIpc) is 2.89. The molecule has 0 aromatic heterocycles. The summed E-state index contributed by atoms with van der Waals surface area (Å²) in [6, 6.07) is 5.04. The molecule has 1 amide bonds. The minimum Gasteiger partial charge on any atom is -0.507 e. The lowest BCUT2D eigenvalue weighted by Gasteiger charge is -2.27. The molecule has 1 saturated heterocycles. The number of amides is 1. The molecule has 1 aliphatic heterocycles. The number of fused-ring (bicyclic) bond motifs is 2. The van der Waals surface area contributed by atoms with Crippen molar-refractivity contribution in [2.24, 2.45) is 5.92 Å². The molecule has 0 radical (unpaired) electrons. The van der Waals surface area contributed by atoms with Gasteiger partial charge in [0.05, 0.1) is 5.56 Å². The molecule has 3 nitrogen and oxygen atoms in total. The summed E-state index contributed by atoms with van der Waals surface area (Å²) in [5.41, 5.74) is 0.363. The van der Waals surface area contributed by atoms with Gasteiger partial charge in [0, 0.05) is 17.6 Å². The summed E-state index contributed by atoms with van der Waals surface area (Å²) in [5.74, 6) is 0.579. The van der Waals surface area contributed by atoms with Crippen LogP contribution in [-0.4, -0.2) is 28.5 Å². The second-order valence-corrected chi connectivity index (χ2v) is 5.39. The van der Waals surface area contributed by atoms with E-state index in [1.54, 1.807) is 12.1 Å². The second kappa shape index (κ2) is 3.91. The highest BCUT2D eigenvalue weighted by molar-refractivity contribution is 6.30. The molecule has 1 N–H and O–H groups in total. The molecule has 2 atom stereocenters. The van der Waals surface area contributed by atoms with Crippen LogP contribution in [0.25, 0.3) is 0 Å². The van der Waals surface area contributed by atoms with E-state index in [4.69, 9.17) is 11.6 Å². The van der Waals surface area contributed by atoms with Crippen molar-refractivity contribution in [3.8, 4) is 5.75 Å². The fraction of sp³-hybridized carbons (Fsp3) is 0.462. The second-order valence-electron chi connectivity index (χ2n) is 4.95. The molecule has 17 heavy (non-hydrogen) atoms. The average molecular weight is 252 g/mol. The van der Waals surface area contributed by atoms with E-state index >= 15 is 0 Å². The van der Waals surface area contributed by atoms with E-state index in [1.165, 1.54) is 12.5 Å². The van der Waals surface area contributed by atoms with Crippen molar-refractivity contribution in [3.05, 3.63) is 28.8 Å². The number of carbonyl (C=O) groups excluding carboxylic acids is 1. The van der Waals surface area contributed by atoms with E-state index in [0.29, 0.717) is 22.5 Å². The van der Waals surface area contributed by atoms with E-state index in [-0.39, 0.29) is 11.7 Å². The Hall–Kier alpha value is -1.22. The van der Waals surface area contributed by atoms with Gasteiger partial charge in [-0.2, -0.15) is 0 Å². The lowest BCUT2D eigenvalue weighted by atomic mass is 10.1. The van der Waals surface area contributed by atoms with Crippen molar-refractivity contribution in [2.75, 3.05) is 6.54 Å². The minimum absolute atomic E-state index is 0.0229. The third-order valence-corrected chi connectivity index (χ3v) is 4.10. The summed E-state index contributed by atoms with van der Waals surface area (Å²) in [5, 5.41) is 10.2. The fourth-order valence-corrected chi connectivity index (χ4v) is 3.18. The lowest BCUT2D eigenvalue weighted by molar-refractivity contribution is 0.0700. The Morgan fingerprint density at radius 2 is 2.24 bits per heavy atom. The zero-order chi connectivity index (χ0) is 12.0. The summed E-state index contributed by atoms with van der Waals surface area (Å²) in [7, 11) is 0. The number of benzene rings is 1. The number of likely N-dealkylation sites (tertiary alicyclic amines) is 1. The summed E-state index contributed by atoms with van der Waals surface area (Å²) in [6.07, 6.45) is 3.46. The van der Waals surface area contributed by atoms with Crippen LogP contribution >= 0.6 is 11.6 Å². The smallest absolute Gasteiger partial charge is 0.257 e. The van der Waals surface area contributed by atoms with Gasteiger partial charge in [0.1, 0.15) is 5.75 Å². The number of phenolic OH excluding ortho intramolecular Hbond substituents is 1. The van der Waals surface area contributed by atoms with E-state index in [1.807, 2.05) is 4.90 Å². The van der Waals surface area contributed by atoms with Crippen LogP contribution in [0.4, 0.5) is 0 Å². The molecule has 1 saturated carbocycles. The first-order chi connectivity index (χ1) is 8.15. The Labute approximate surface area is 105 Å². The minimum atomic E-state index is -0.0635. The number of halogens is 1. The highest BCUT2D eigenvalue weighted by Gasteiger charge is 2.40. The lowest BCUT2D eigenvalue weighted by Crippen LogP contribution is -2.37. The summed E-state index contributed by atoms with van der Waals surface area (Å²) < 4.78 is 0. The number of rotatable bonds is 1. The van der Waals surface area contributed by atoms with Crippen LogP contribution in [0.15, 0.2) is 18.2 Å². The molecule has 2 fully saturated rings. The number of nitrogens with zero attached hydrogens (tertiary/aromatic N) is 1. The number of aromatic hydroxyl groups is 1. The van der Waals surface area contributed by atoms with Crippen LogP contribution < -0.4 is 0 Å². The topological polar surface area (TPSA) is 40.5 Å². The first-order valence-electron chi connectivity index (χ1n) is 5.94. The van der Waals surface area contributed by atoms with Crippen LogP contribution in [0.5, 0.6) is 5.75 Å². The molecule has 1 aromatic rings. The number of hydrogen-bond donors (Lipinski definition) is 1. The van der Waals surface area contributed by atoms with Gasteiger partial charge in [-0.1, -0.05) is 11.6 Å². The first-order valence-corrected chi connectivity index (χ1v) is 6.32. The molecular weight excluding hydrogens is 238 g/mol. The fourth-order valence-electron chi connectivity index (χ4n) is 3.01. The molecule has 3 rings (SSSR count). The summed E-state index contributed by atoms with van der Waals surface area (Å²) >= 11 is 5.76. The van der Waals surface area contributed by atoms with Crippen molar-refractivity contribution >= 4 is 17.5 Å². The molecule has 1 aromatic carbocycles. The highest BCUT2D eigenvalue weighted by atomic mass is 35.5. The van der Waals surface area contributed by atoms with Gasteiger partial charge in [-0.3, -0.25) is 4.79 Å². The van der Waals surface area contributed by atoms with Crippen molar-refractivity contribution in [3.63, 3.8) is 0 Å². The van der Waals surface area contributed by atoms with Crippen LogP contribution in [0.2, 0.25) is 5.02 Å². The molecule has 2 unspecified atom stereocenters. The Morgan fingerprint density at radius 1 is 1.41 bits per heavy atom. The number of phenols is 1. The quantitative estimate of drug-likeness (QED) is 0.834. The van der Waals surface area contributed by atoms with E-state index < -0.39 is 0 Å². The van der Waals surface area contributed by atoms with E-state index in [9.17, 15) is 9.90 Å². The summed E-state index contributed by atoms with van der Waals surface area (Å²) in [6.45, 7) is 0.839. The van der Waals surface area contributed by atoms with Gasteiger partial charge in [0.15, 0.2) is 0 Å². The van der Waals surface area contributed by atoms with Crippen LogP contribution in [-0.2, 0) is 0 Å². The van der Waals surface area contributed by atoms with Crippen LogP contribution in [0, 0.1) is 5.92 Å². The molecular formula is C13H14ClNO2. The number of piperidine rings is 1. The van der Waals surface area contributed by atoms with Gasteiger partial charge in [-0.15, -0.1) is 0 Å². The van der Waals surface area contributed by atoms with Crippen molar-refractivity contribution in [2.45, 2.75) is 25.3 Å². The normalized spacial score (nSPS) is 26.5. The monoisotopic (exact) mass is 251 g/mol. The number of hydrogen-bond acceptors (Lipinski definition) is 2. The maximum atomic E-state index is 12.3. The molecule has 90 valence electrons. The zero-order valence-electron chi connectivity index (χ0n) is 9.40. The molecule has 2 bridgehead atoms. The first kappa shape index (κ1) is 10.9. The maximum absolute atomic E-state index is 12.3. The molecule has 4 heteroatoms. The van der Waals surface area contributed by atoms with Gasteiger partial charge >= 0.3 is 0 Å². The van der Waals surface area contributed by atoms with Crippen molar-refractivity contribution in [1.29, 1.82) is 0 Å². The third-order valence-electron chi connectivity index (χ3n) is 3.86. The third kappa shape index (κ3) is 1.78. The largest absolute Gasteiger partial charge is 0.507 e. The number of carbonyl (C=O) groups is 1. The summed E-state index contributed by atoms with van der Waals surface area (Å²) in [4.78, 5) is 14.2. The predicted octanol–water partition coefficient (Wildman–Crippen LogP) is 2.67. The Kier molecular flexibility index (Phi) is 2.51. The predicted molar refractivity (Wildman–Crippen MR) is 65.3 cm³/mol. The molecule has 0 spiro atoms. The van der Waals surface area contributed by atoms with Gasteiger partial charge in [-0.05, 0) is 43.4 Å². The SMILES string of the molecule is O=C(c1ccc(Cl)cc1O)N1CC2CCC1C2. The Morgan fingerprint density at radius 3 is 2.82 bits per heavy atom. The van der Waals surface area contributed by atoms with Gasteiger partial charge in [-0.25, -0.2) is 0 Å². The molecule has 1 heterocycles. The standard InChI is InChI=1S/C13H14ClNO2/c14-9-2-4-11(12(16)6-9)13(17)15-7-8-1-3-10(15)5-8/h2,4,6,8,10,16H,1,3,5,7H2. The van der Waals surface area contributed by atoms with Crippen LogP contribution in [0.1, 0.15) is 29.6 Å². The highest BCUT2D eigenvalue weighted by Crippen LogP contribution is 2.38. The van der Waals surface area contributed by atoms with Crippen molar-refractivity contribution in [1.82, 2.24) is 4.90 Å². The Bertz CT molecular complexity index is 474. The van der Waals surface area contributed by atoms with Gasteiger partial charge in [0.2, 0.25) is 0 Å². The van der Waals surface area contributed by atoms with Gasteiger partial charge in [0.25, 0.3) is 5.91 Å².